The topological polar surface area (TPSA) is 12.0 Å². The van der Waals surface area contributed by atoms with Gasteiger partial charge in [0.15, 0.2) is 0 Å². The Bertz CT molecular complexity index is 540. The lowest BCUT2D eigenvalue weighted by Crippen LogP contribution is -2.27. The van der Waals surface area contributed by atoms with Crippen LogP contribution in [0, 0.1) is 0 Å². The summed E-state index contributed by atoms with van der Waals surface area (Å²) in [5.41, 5.74) is 2.37. The predicted octanol–water partition coefficient (Wildman–Crippen LogP) is 4.71. The molecule has 0 heterocycles. The largest absolute Gasteiger partial charge is 0.310 e. The Morgan fingerprint density at radius 1 is 1.05 bits per heavy atom. The van der Waals surface area contributed by atoms with Crippen molar-refractivity contribution in [3.05, 3.63) is 69.7 Å². The third-order valence-electron chi connectivity index (χ3n) is 3.03. The van der Waals surface area contributed by atoms with E-state index in [1.807, 2.05) is 42.5 Å². The van der Waals surface area contributed by atoms with Crippen molar-refractivity contribution in [2.45, 2.75) is 25.9 Å². The number of hydrogen-bond donors (Lipinski definition) is 1. The van der Waals surface area contributed by atoms with E-state index in [1.165, 1.54) is 5.56 Å². The highest BCUT2D eigenvalue weighted by molar-refractivity contribution is 6.31. The van der Waals surface area contributed by atoms with Gasteiger partial charge in [-0.05, 0) is 42.7 Å². The van der Waals surface area contributed by atoms with E-state index in [4.69, 9.17) is 23.2 Å². The van der Waals surface area contributed by atoms with E-state index in [1.54, 1.807) is 0 Å². The summed E-state index contributed by atoms with van der Waals surface area (Å²) in [7, 11) is 0. The standard InChI is InChI=1S/C16H17Cl2N/c1-12(9-13-5-4-7-15(17)10-13)19-11-14-6-2-3-8-16(14)18/h2-8,10,12,19H,9,11H2,1H3. The number of nitrogens with one attached hydrogen (secondary N) is 1. The molecule has 0 aliphatic carbocycles. The molecule has 3 heteroatoms. The van der Waals surface area contributed by atoms with Crippen molar-refractivity contribution in [1.82, 2.24) is 5.32 Å². The minimum atomic E-state index is 0.370. The Labute approximate surface area is 124 Å². The third-order valence-corrected chi connectivity index (χ3v) is 3.63. The van der Waals surface area contributed by atoms with E-state index in [9.17, 15) is 0 Å². The summed E-state index contributed by atoms with van der Waals surface area (Å²) in [6.07, 6.45) is 0.949. The molecular formula is C16H17Cl2N. The maximum atomic E-state index is 6.13. The molecule has 0 bridgehead atoms. The van der Waals surface area contributed by atoms with Crippen LogP contribution in [0.15, 0.2) is 48.5 Å². The summed E-state index contributed by atoms with van der Waals surface area (Å²) in [5.74, 6) is 0. The first-order valence-electron chi connectivity index (χ1n) is 6.36. The molecule has 2 aromatic rings. The van der Waals surface area contributed by atoms with Crippen LogP contribution in [0.5, 0.6) is 0 Å². The summed E-state index contributed by atoms with van der Waals surface area (Å²) in [5, 5.41) is 5.08. The normalized spacial score (nSPS) is 12.4. The molecule has 2 aromatic carbocycles. The molecule has 0 amide bonds. The Morgan fingerprint density at radius 3 is 2.58 bits per heavy atom. The number of halogens is 2. The van der Waals surface area contributed by atoms with Crippen molar-refractivity contribution in [2.75, 3.05) is 0 Å². The maximum Gasteiger partial charge on any atom is 0.0450 e. The van der Waals surface area contributed by atoms with Crippen LogP contribution >= 0.6 is 23.2 Å². The monoisotopic (exact) mass is 293 g/mol. The number of hydrogen-bond acceptors (Lipinski definition) is 1. The quantitative estimate of drug-likeness (QED) is 0.841. The molecule has 0 fully saturated rings. The van der Waals surface area contributed by atoms with Crippen molar-refractivity contribution in [3.8, 4) is 0 Å². The molecule has 0 radical (unpaired) electrons. The molecule has 0 saturated heterocycles. The van der Waals surface area contributed by atoms with Crippen LogP contribution < -0.4 is 5.32 Å². The van der Waals surface area contributed by atoms with Crippen LogP contribution in [0.1, 0.15) is 18.1 Å². The fourth-order valence-electron chi connectivity index (χ4n) is 2.02. The molecule has 0 spiro atoms. The van der Waals surface area contributed by atoms with Gasteiger partial charge < -0.3 is 5.32 Å². The van der Waals surface area contributed by atoms with E-state index in [0.717, 1.165) is 28.6 Å². The predicted molar refractivity (Wildman–Crippen MR) is 82.9 cm³/mol. The highest BCUT2D eigenvalue weighted by Crippen LogP contribution is 2.15. The lowest BCUT2D eigenvalue weighted by atomic mass is 10.1. The molecule has 2 rings (SSSR count). The Morgan fingerprint density at radius 2 is 1.84 bits per heavy atom. The smallest absolute Gasteiger partial charge is 0.0450 e. The summed E-state index contributed by atoms with van der Waals surface area (Å²) in [6, 6.07) is 16.3. The highest BCUT2D eigenvalue weighted by Gasteiger charge is 2.05. The molecule has 100 valence electrons. The lowest BCUT2D eigenvalue weighted by molar-refractivity contribution is 0.545. The van der Waals surface area contributed by atoms with Gasteiger partial charge in [0.2, 0.25) is 0 Å². The van der Waals surface area contributed by atoms with Gasteiger partial charge in [0.1, 0.15) is 0 Å². The van der Waals surface area contributed by atoms with E-state index in [-0.39, 0.29) is 0 Å². The fraction of sp³-hybridized carbons (Fsp3) is 0.250. The van der Waals surface area contributed by atoms with Crippen molar-refractivity contribution >= 4 is 23.2 Å². The van der Waals surface area contributed by atoms with Gasteiger partial charge in [-0.25, -0.2) is 0 Å². The zero-order valence-electron chi connectivity index (χ0n) is 10.9. The average molecular weight is 294 g/mol. The van der Waals surface area contributed by atoms with Crippen LogP contribution in [-0.4, -0.2) is 6.04 Å². The SMILES string of the molecule is CC(Cc1cccc(Cl)c1)NCc1ccccc1Cl. The molecule has 1 N–H and O–H groups in total. The molecule has 0 aliphatic rings. The van der Waals surface area contributed by atoms with Crippen LogP contribution in [0.25, 0.3) is 0 Å². The maximum absolute atomic E-state index is 6.13. The van der Waals surface area contributed by atoms with Gasteiger partial charge in [0, 0.05) is 22.6 Å². The summed E-state index contributed by atoms with van der Waals surface area (Å²) < 4.78 is 0. The molecule has 1 nitrogen and oxygen atoms in total. The van der Waals surface area contributed by atoms with Crippen molar-refractivity contribution < 1.29 is 0 Å². The van der Waals surface area contributed by atoms with Gasteiger partial charge in [-0.3, -0.25) is 0 Å². The van der Waals surface area contributed by atoms with E-state index in [0.29, 0.717) is 6.04 Å². The molecule has 0 aliphatic heterocycles. The number of rotatable bonds is 5. The van der Waals surface area contributed by atoms with E-state index >= 15 is 0 Å². The van der Waals surface area contributed by atoms with Gasteiger partial charge in [-0.1, -0.05) is 53.5 Å². The van der Waals surface area contributed by atoms with Crippen LogP contribution in [-0.2, 0) is 13.0 Å². The van der Waals surface area contributed by atoms with Gasteiger partial charge in [-0.2, -0.15) is 0 Å². The number of benzene rings is 2. The molecule has 0 saturated carbocycles. The van der Waals surface area contributed by atoms with Gasteiger partial charge in [0.05, 0.1) is 0 Å². The van der Waals surface area contributed by atoms with Crippen molar-refractivity contribution in [1.29, 1.82) is 0 Å². The van der Waals surface area contributed by atoms with Gasteiger partial charge in [-0.15, -0.1) is 0 Å². The second-order valence-corrected chi connectivity index (χ2v) is 5.55. The molecule has 1 unspecified atom stereocenters. The Hall–Kier alpha value is -1.02. The average Bonchev–Trinajstić information content (AvgIpc) is 2.38. The van der Waals surface area contributed by atoms with Crippen LogP contribution in [0.2, 0.25) is 10.0 Å². The minimum absolute atomic E-state index is 0.370. The molecule has 0 aromatic heterocycles. The Kier molecular flexibility index (Phi) is 5.26. The van der Waals surface area contributed by atoms with Crippen molar-refractivity contribution in [2.24, 2.45) is 0 Å². The molecule has 19 heavy (non-hydrogen) atoms. The highest BCUT2D eigenvalue weighted by atomic mass is 35.5. The van der Waals surface area contributed by atoms with E-state index in [2.05, 4.69) is 18.3 Å². The first kappa shape index (κ1) is 14.4. The third kappa shape index (κ3) is 4.54. The van der Waals surface area contributed by atoms with Crippen LogP contribution in [0.3, 0.4) is 0 Å². The molecular weight excluding hydrogens is 277 g/mol. The summed E-state index contributed by atoms with van der Waals surface area (Å²) in [6.45, 7) is 2.94. The van der Waals surface area contributed by atoms with Crippen LogP contribution in [0.4, 0.5) is 0 Å². The van der Waals surface area contributed by atoms with Crippen molar-refractivity contribution in [3.63, 3.8) is 0 Å². The fourth-order valence-corrected chi connectivity index (χ4v) is 2.43. The minimum Gasteiger partial charge on any atom is -0.310 e. The first-order chi connectivity index (χ1) is 9.15. The summed E-state index contributed by atoms with van der Waals surface area (Å²) in [4.78, 5) is 0. The lowest BCUT2D eigenvalue weighted by Gasteiger charge is -2.14. The van der Waals surface area contributed by atoms with Gasteiger partial charge in [0.25, 0.3) is 0 Å². The molecule has 1 atom stereocenters. The van der Waals surface area contributed by atoms with E-state index < -0.39 is 0 Å². The zero-order chi connectivity index (χ0) is 13.7. The second-order valence-electron chi connectivity index (χ2n) is 4.71. The second kappa shape index (κ2) is 6.95. The first-order valence-corrected chi connectivity index (χ1v) is 7.12. The van der Waals surface area contributed by atoms with Gasteiger partial charge >= 0.3 is 0 Å². The summed E-state index contributed by atoms with van der Waals surface area (Å²) >= 11 is 12.1. The zero-order valence-corrected chi connectivity index (χ0v) is 12.4. The Balaban J connectivity index is 1.88.